The molecule has 27 heavy (non-hydrogen) atoms. The minimum Gasteiger partial charge on any atom is -0.454 e. The Morgan fingerprint density at radius 1 is 1.26 bits per heavy atom. The molecule has 1 atom stereocenters. The van der Waals surface area contributed by atoms with Gasteiger partial charge in [0.05, 0.1) is 0 Å². The average Bonchev–Trinajstić information content (AvgIpc) is 3.21. The zero-order chi connectivity index (χ0) is 19.4. The van der Waals surface area contributed by atoms with Crippen LogP contribution in [0.25, 0.3) is 0 Å². The summed E-state index contributed by atoms with van der Waals surface area (Å²) in [5, 5.41) is 5.55. The highest BCUT2D eigenvalue weighted by atomic mass is 16.7. The fourth-order valence-corrected chi connectivity index (χ4v) is 3.25. The molecule has 0 unspecified atom stereocenters. The first kappa shape index (κ1) is 19.0. The lowest BCUT2D eigenvalue weighted by molar-refractivity contribution is -0.136. The van der Waals surface area contributed by atoms with Crippen molar-refractivity contribution >= 4 is 17.7 Å². The van der Waals surface area contributed by atoms with Crippen LogP contribution in [0.1, 0.15) is 38.7 Å². The molecule has 0 aliphatic carbocycles. The summed E-state index contributed by atoms with van der Waals surface area (Å²) in [5.74, 6) is 0.950. The number of carbonyl (C=O) groups excluding carboxylic acids is 3. The minimum atomic E-state index is -0.518. The number of carbonyl (C=O) groups is 3. The van der Waals surface area contributed by atoms with E-state index in [1.54, 1.807) is 11.0 Å². The molecule has 0 spiro atoms. The van der Waals surface area contributed by atoms with E-state index >= 15 is 0 Å². The second-order valence-corrected chi connectivity index (χ2v) is 7.03. The first-order chi connectivity index (χ1) is 12.9. The van der Waals surface area contributed by atoms with E-state index in [2.05, 4.69) is 10.6 Å². The molecular formula is C19H25N3O5. The van der Waals surface area contributed by atoms with Gasteiger partial charge in [-0.2, -0.15) is 0 Å². The molecule has 8 nitrogen and oxygen atoms in total. The second kappa shape index (κ2) is 8.28. The number of amides is 3. The number of benzene rings is 1. The summed E-state index contributed by atoms with van der Waals surface area (Å²) in [6, 6.07) is 5.05. The van der Waals surface area contributed by atoms with Crippen molar-refractivity contribution in [1.29, 1.82) is 0 Å². The van der Waals surface area contributed by atoms with E-state index < -0.39 is 6.04 Å². The summed E-state index contributed by atoms with van der Waals surface area (Å²) >= 11 is 0. The van der Waals surface area contributed by atoms with E-state index in [9.17, 15) is 14.4 Å². The molecule has 2 N–H and O–H groups in total. The summed E-state index contributed by atoms with van der Waals surface area (Å²) in [6.45, 7) is 4.54. The maximum atomic E-state index is 12.5. The monoisotopic (exact) mass is 375 g/mol. The van der Waals surface area contributed by atoms with Crippen LogP contribution in [0.2, 0.25) is 0 Å². The Morgan fingerprint density at radius 3 is 2.81 bits per heavy atom. The molecule has 2 aliphatic rings. The van der Waals surface area contributed by atoms with E-state index in [0.29, 0.717) is 30.9 Å². The van der Waals surface area contributed by atoms with E-state index in [1.165, 1.54) is 0 Å². The normalized spacial score (nSPS) is 18.1. The van der Waals surface area contributed by atoms with Crippen molar-refractivity contribution in [3.63, 3.8) is 0 Å². The Morgan fingerprint density at radius 2 is 2.04 bits per heavy atom. The van der Waals surface area contributed by atoms with Crippen molar-refractivity contribution in [2.45, 2.75) is 51.7 Å². The Bertz CT molecular complexity index is 734. The first-order valence-electron chi connectivity index (χ1n) is 9.19. The van der Waals surface area contributed by atoms with Crippen LogP contribution in [0.5, 0.6) is 11.5 Å². The predicted octanol–water partition coefficient (Wildman–Crippen LogP) is 0.937. The van der Waals surface area contributed by atoms with Gasteiger partial charge < -0.3 is 25.0 Å². The van der Waals surface area contributed by atoms with E-state index in [0.717, 1.165) is 5.56 Å². The summed E-state index contributed by atoms with van der Waals surface area (Å²) in [4.78, 5) is 38.0. The number of hydrogen-bond donors (Lipinski definition) is 2. The van der Waals surface area contributed by atoms with Gasteiger partial charge in [0.1, 0.15) is 6.04 Å². The molecule has 8 heteroatoms. The van der Waals surface area contributed by atoms with Gasteiger partial charge in [-0.15, -0.1) is 0 Å². The summed E-state index contributed by atoms with van der Waals surface area (Å²) in [7, 11) is 0. The lowest BCUT2D eigenvalue weighted by Gasteiger charge is -2.24. The van der Waals surface area contributed by atoms with Crippen molar-refractivity contribution in [2.75, 3.05) is 13.3 Å². The van der Waals surface area contributed by atoms with Crippen LogP contribution >= 0.6 is 0 Å². The number of nitrogens with one attached hydrogen (secondary N) is 2. The topological polar surface area (TPSA) is 97.0 Å². The van der Waals surface area contributed by atoms with Crippen molar-refractivity contribution < 1.29 is 23.9 Å². The van der Waals surface area contributed by atoms with Crippen LogP contribution < -0.4 is 20.1 Å². The number of likely N-dealkylation sites (tertiary alicyclic amines) is 1. The molecule has 1 aromatic carbocycles. The summed E-state index contributed by atoms with van der Waals surface area (Å²) in [5.41, 5.74) is 0.878. The molecule has 0 saturated carbocycles. The molecule has 0 aromatic heterocycles. The van der Waals surface area contributed by atoms with Gasteiger partial charge in [-0.3, -0.25) is 14.4 Å². The summed E-state index contributed by atoms with van der Waals surface area (Å²) < 4.78 is 10.7. The number of nitrogens with zero attached hydrogens (tertiary/aromatic N) is 1. The number of ether oxygens (including phenoxy) is 2. The zero-order valence-electron chi connectivity index (χ0n) is 15.6. The van der Waals surface area contributed by atoms with E-state index in [1.807, 2.05) is 26.0 Å². The van der Waals surface area contributed by atoms with Gasteiger partial charge in [-0.25, -0.2) is 0 Å². The SMILES string of the molecule is CC(C)NC(=O)CCNC(=O)[C@H]1CCC(=O)N1Cc1ccc2c(c1)OCO2. The molecule has 2 aliphatic heterocycles. The highest BCUT2D eigenvalue weighted by Gasteiger charge is 2.36. The molecular weight excluding hydrogens is 350 g/mol. The lowest BCUT2D eigenvalue weighted by atomic mass is 10.1. The van der Waals surface area contributed by atoms with Crippen LogP contribution in [-0.4, -0.2) is 48.0 Å². The van der Waals surface area contributed by atoms with Gasteiger partial charge in [0.15, 0.2) is 11.5 Å². The predicted molar refractivity (Wildman–Crippen MR) is 97.0 cm³/mol. The third kappa shape index (κ3) is 4.69. The number of fused-ring (bicyclic) bond motifs is 1. The van der Waals surface area contributed by atoms with Gasteiger partial charge in [-0.1, -0.05) is 6.07 Å². The second-order valence-electron chi connectivity index (χ2n) is 7.03. The molecule has 146 valence electrons. The van der Waals surface area contributed by atoms with Crippen molar-refractivity contribution in [2.24, 2.45) is 0 Å². The molecule has 1 fully saturated rings. The Kier molecular flexibility index (Phi) is 5.83. The van der Waals surface area contributed by atoms with Crippen molar-refractivity contribution in [1.82, 2.24) is 15.5 Å². The zero-order valence-corrected chi connectivity index (χ0v) is 15.6. The quantitative estimate of drug-likeness (QED) is 0.739. The molecule has 1 saturated heterocycles. The number of rotatable bonds is 7. The van der Waals surface area contributed by atoms with Gasteiger partial charge >= 0.3 is 0 Å². The van der Waals surface area contributed by atoms with Crippen LogP contribution in [0.3, 0.4) is 0 Å². The first-order valence-corrected chi connectivity index (χ1v) is 9.19. The third-order valence-corrected chi connectivity index (χ3v) is 4.52. The van der Waals surface area contributed by atoms with Crippen molar-refractivity contribution in [3.8, 4) is 11.5 Å². The Labute approximate surface area is 158 Å². The van der Waals surface area contributed by atoms with Gasteiger partial charge in [0.2, 0.25) is 24.5 Å². The Hall–Kier alpha value is -2.77. The molecule has 3 rings (SSSR count). The molecule has 0 bridgehead atoms. The smallest absolute Gasteiger partial charge is 0.242 e. The van der Waals surface area contributed by atoms with Gasteiger partial charge in [-0.05, 0) is 38.0 Å². The fraction of sp³-hybridized carbons (Fsp3) is 0.526. The van der Waals surface area contributed by atoms with Crippen LogP contribution in [0.4, 0.5) is 0 Å². The molecule has 0 radical (unpaired) electrons. The Balaban J connectivity index is 1.55. The van der Waals surface area contributed by atoms with Gasteiger partial charge in [0, 0.05) is 32.0 Å². The highest BCUT2D eigenvalue weighted by Crippen LogP contribution is 2.33. The third-order valence-electron chi connectivity index (χ3n) is 4.52. The lowest BCUT2D eigenvalue weighted by Crippen LogP contribution is -2.45. The highest BCUT2D eigenvalue weighted by molar-refractivity contribution is 5.91. The molecule has 2 heterocycles. The molecule has 3 amide bonds. The van der Waals surface area contributed by atoms with Crippen LogP contribution in [0, 0.1) is 0 Å². The fourth-order valence-electron chi connectivity index (χ4n) is 3.25. The van der Waals surface area contributed by atoms with Crippen LogP contribution in [-0.2, 0) is 20.9 Å². The number of hydrogen-bond acceptors (Lipinski definition) is 5. The summed E-state index contributed by atoms with van der Waals surface area (Å²) in [6.07, 6.45) is 1.04. The van der Waals surface area contributed by atoms with E-state index in [-0.39, 0.29) is 43.5 Å². The van der Waals surface area contributed by atoms with E-state index in [4.69, 9.17) is 9.47 Å². The van der Waals surface area contributed by atoms with Crippen molar-refractivity contribution in [3.05, 3.63) is 23.8 Å². The molecule has 1 aromatic rings. The largest absolute Gasteiger partial charge is 0.454 e. The van der Waals surface area contributed by atoms with Gasteiger partial charge in [0.25, 0.3) is 0 Å². The average molecular weight is 375 g/mol. The van der Waals surface area contributed by atoms with Crippen LogP contribution in [0.15, 0.2) is 18.2 Å². The maximum Gasteiger partial charge on any atom is 0.242 e. The standard InChI is InChI=1S/C19H25N3O5/c1-12(2)21-17(23)7-8-20-19(25)14-4-6-18(24)22(14)10-13-3-5-15-16(9-13)27-11-26-15/h3,5,9,12,14H,4,6-8,10-11H2,1-2H3,(H,20,25)(H,21,23)/t14-/m1/s1. The maximum absolute atomic E-state index is 12.5. The minimum absolute atomic E-state index is 0.0506.